The third-order valence-electron chi connectivity index (χ3n) is 3.11. The second-order valence-electron chi connectivity index (χ2n) is 4.51. The van der Waals surface area contributed by atoms with Crippen LogP contribution in [0.25, 0.3) is 0 Å². The van der Waals surface area contributed by atoms with Crippen LogP contribution < -0.4 is 11.3 Å². The first-order valence-electron chi connectivity index (χ1n) is 6.44. The summed E-state index contributed by atoms with van der Waals surface area (Å²) in [7, 11) is 0. The molecule has 0 amide bonds. The quantitative estimate of drug-likeness (QED) is 0.625. The zero-order valence-corrected chi connectivity index (χ0v) is 11.2. The molecule has 0 aliphatic heterocycles. The minimum absolute atomic E-state index is 0.000279. The summed E-state index contributed by atoms with van der Waals surface area (Å²) >= 11 is 0. The van der Waals surface area contributed by atoms with Crippen LogP contribution in [0, 0.1) is 11.6 Å². The van der Waals surface area contributed by atoms with Gasteiger partial charge in [-0.15, -0.1) is 5.10 Å². The summed E-state index contributed by atoms with van der Waals surface area (Å²) in [6.45, 7) is 2.68. The molecule has 1 aromatic heterocycles. The van der Waals surface area contributed by atoms with Crippen molar-refractivity contribution in [3.8, 4) is 0 Å². The van der Waals surface area contributed by atoms with Gasteiger partial charge in [0, 0.05) is 18.5 Å². The first-order valence-corrected chi connectivity index (χ1v) is 6.44. The molecule has 3 N–H and O–H groups in total. The minimum Gasteiger partial charge on any atom is -0.271 e. The second kappa shape index (κ2) is 6.53. The molecule has 1 unspecified atom stereocenters. The van der Waals surface area contributed by atoms with Crippen LogP contribution in [0.4, 0.5) is 8.78 Å². The number of aryl methyl sites for hydroxylation is 1. The topological polar surface area (TPSA) is 68.8 Å². The van der Waals surface area contributed by atoms with Crippen LogP contribution in [-0.2, 0) is 13.0 Å². The molecule has 0 fully saturated rings. The lowest BCUT2D eigenvalue weighted by atomic mass is 10.0. The number of hydrazine groups is 1. The Balaban J connectivity index is 2.27. The highest BCUT2D eigenvalue weighted by molar-refractivity contribution is 5.22. The molecular formula is C13H17F2N5. The first kappa shape index (κ1) is 14.5. The Morgan fingerprint density at radius 2 is 2.05 bits per heavy atom. The zero-order valence-electron chi connectivity index (χ0n) is 11.2. The van der Waals surface area contributed by atoms with Crippen molar-refractivity contribution in [1.29, 1.82) is 0 Å². The number of nitrogens with two attached hydrogens (primary N) is 1. The van der Waals surface area contributed by atoms with Crippen molar-refractivity contribution in [2.45, 2.75) is 32.4 Å². The van der Waals surface area contributed by atoms with Gasteiger partial charge >= 0.3 is 0 Å². The second-order valence-corrected chi connectivity index (χ2v) is 4.51. The monoisotopic (exact) mass is 281 g/mol. The Morgan fingerprint density at radius 1 is 1.35 bits per heavy atom. The molecule has 2 rings (SSSR count). The molecule has 0 aliphatic rings. The lowest BCUT2D eigenvalue weighted by molar-refractivity contribution is 0.456. The van der Waals surface area contributed by atoms with E-state index >= 15 is 0 Å². The summed E-state index contributed by atoms with van der Waals surface area (Å²) in [5, 5.41) is 7.77. The molecule has 1 atom stereocenters. The molecule has 20 heavy (non-hydrogen) atoms. The molecule has 2 aromatic rings. The van der Waals surface area contributed by atoms with Gasteiger partial charge in [0.15, 0.2) is 0 Å². The number of aromatic nitrogens is 3. The smallest absolute Gasteiger partial charge is 0.129 e. The molecule has 1 heterocycles. The number of hydrogen-bond donors (Lipinski definition) is 2. The van der Waals surface area contributed by atoms with Gasteiger partial charge in [0.25, 0.3) is 0 Å². The van der Waals surface area contributed by atoms with Gasteiger partial charge in [-0.2, -0.15) is 0 Å². The van der Waals surface area contributed by atoms with E-state index in [0.717, 1.165) is 6.42 Å². The molecule has 0 aliphatic carbocycles. The molecule has 0 saturated carbocycles. The summed E-state index contributed by atoms with van der Waals surface area (Å²) in [6.07, 6.45) is 2.52. The van der Waals surface area contributed by atoms with E-state index in [1.807, 2.05) is 6.92 Å². The average molecular weight is 281 g/mol. The van der Waals surface area contributed by atoms with Crippen molar-refractivity contribution in [2.24, 2.45) is 5.84 Å². The molecule has 0 radical (unpaired) electrons. The first-order chi connectivity index (χ1) is 9.67. The van der Waals surface area contributed by atoms with Crippen LogP contribution in [0.2, 0.25) is 0 Å². The summed E-state index contributed by atoms with van der Waals surface area (Å²) in [5.74, 6) is 4.35. The van der Waals surface area contributed by atoms with Gasteiger partial charge in [-0.3, -0.25) is 11.3 Å². The Morgan fingerprint density at radius 3 is 2.65 bits per heavy atom. The Labute approximate surface area is 115 Å². The normalized spacial score (nSPS) is 12.6. The predicted octanol–water partition coefficient (Wildman–Crippen LogP) is 1.71. The number of rotatable bonds is 6. The molecule has 1 aromatic carbocycles. The summed E-state index contributed by atoms with van der Waals surface area (Å²) in [5.41, 5.74) is 3.28. The minimum atomic E-state index is -0.584. The third-order valence-corrected chi connectivity index (χ3v) is 3.11. The lowest BCUT2D eigenvalue weighted by Gasteiger charge is -2.17. The molecule has 7 heteroatoms. The Hall–Kier alpha value is -1.86. The van der Waals surface area contributed by atoms with Crippen LogP contribution >= 0.6 is 0 Å². The van der Waals surface area contributed by atoms with Crippen LogP contribution in [0.1, 0.15) is 30.6 Å². The van der Waals surface area contributed by atoms with E-state index in [-0.39, 0.29) is 12.0 Å². The molecule has 0 saturated heterocycles. The number of nitrogens with one attached hydrogen (secondary N) is 1. The van der Waals surface area contributed by atoms with Gasteiger partial charge in [-0.25, -0.2) is 13.5 Å². The fourth-order valence-corrected chi connectivity index (χ4v) is 2.10. The van der Waals surface area contributed by atoms with E-state index in [4.69, 9.17) is 5.84 Å². The highest BCUT2D eigenvalue weighted by Gasteiger charge is 2.20. The zero-order chi connectivity index (χ0) is 14.5. The van der Waals surface area contributed by atoms with Gasteiger partial charge in [-0.1, -0.05) is 18.2 Å². The standard InChI is InChI=1S/C13H17F2N5/c1-2-6-20-13(8-17-19-20)12(18-16)7-9-10(14)4-3-5-11(9)15/h3-5,8,12,18H,2,6-7,16H2,1H3. The van der Waals surface area contributed by atoms with Gasteiger partial charge < -0.3 is 0 Å². The van der Waals surface area contributed by atoms with Crippen molar-refractivity contribution >= 4 is 0 Å². The maximum atomic E-state index is 13.7. The SMILES string of the molecule is CCCn1nncc1C(Cc1c(F)cccc1F)NN. The van der Waals surface area contributed by atoms with Crippen molar-refractivity contribution < 1.29 is 8.78 Å². The number of nitrogens with zero attached hydrogens (tertiary/aromatic N) is 3. The van der Waals surface area contributed by atoms with Gasteiger partial charge in [-0.05, 0) is 18.6 Å². The number of benzene rings is 1. The maximum Gasteiger partial charge on any atom is 0.129 e. The molecular weight excluding hydrogens is 264 g/mol. The molecule has 5 nitrogen and oxygen atoms in total. The molecule has 0 bridgehead atoms. The van der Waals surface area contributed by atoms with Crippen molar-refractivity contribution in [1.82, 2.24) is 20.4 Å². The van der Waals surface area contributed by atoms with Crippen molar-refractivity contribution in [3.05, 3.63) is 47.3 Å². The number of halogens is 2. The highest BCUT2D eigenvalue weighted by Crippen LogP contribution is 2.21. The van der Waals surface area contributed by atoms with E-state index in [2.05, 4.69) is 15.7 Å². The van der Waals surface area contributed by atoms with Crippen LogP contribution in [0.15, 0.2) is 24.4 Å². The summed E-state index contributed by atoms with van der Waals surface area (Å²) in [6, 6.07) is 3.34. The average Bonchev–Trinajstić information content (AvgIpc) is 2.87. The summed E-state index contributed by atoms with van der Waals surface area (Å²) < 4.78 is 29.1. The van der Waals surface area contributed by atoms with E-state index < -0.39 is 17.7 Å². The van der Waals surface area contributed by atoms with Gasteiger partial charge in [0.05, 0.1) is 17.9 Å². The van der Waals surface area contributed by atoms with Crippen LogP contribution in [-0.4, -0.2) is 15.0 Å². The Kier molecular flexibility index (Phi) is 4.75. The van der Waals surface area contributed by atoms with Gasteiger partial charge in [0.2, 0.25) is 0 Å². The predicted molar refractivity (Wildman–Crippen MR) is 70.4 cm³/mol. The fourth-order valence-electron chi connectivity index (χ4n) is 2.10. The molecule has 0 spiro atoms. The van der Waals surface area contributed by atoms with Gasteiger partial charge in [0.1, 0.15) is 11.6 Å². The third kappa shape index (κ3) is 3.00. The fraction of sp³-hybridized carbons (Fsp3) is 0.385. The van der Waals surface area contributed by atoms with E-state index in [9.17, 15) is 8.78 Å². The summed E-state index contributed by atoms with van der Waals surface area (Å²) in [4.78, 5) is 0. The lowest BCUT2D eigenvalue weighted by Crippen LogP contribution is -2.32. The highest BCUT2D eigenvalue weighted by atomic mass is 19.1. The van der Waals surface area contributed by atoms with Crippen LogP contribution in [0.3, 0.4) is 0 Å². The number of hydrogen-bond acceptors (Lipinski definition) is 4. The maximum absolute atomic E-state index is 13.7. The van der Waals surface area contributed by atoms with Crippen molar-refractivity contribution in [3.63, 3.8) is 0 Å². The van der Waals surface area contributed by atoms with E-state index in [1.165, 1.54) is 18.2 Å². The van der Waals surface area contributed by atoms with E-state index in [0.29, 0.717) is 12.2 Å². The van der Waals surface area contributed by atoms with Crippen molar-refractivity contribution in [2.75, 3.05) is 0 Å². The molecule has 108 valence electrons. The largest absolute Gasteiger partial charge is 0.271 e. The Bertz CT molecular complexity index is 549. The van der Waals surface area contributed by atoms with Crippen LogP contribution in [0.5, 0.6) is 0 Å². The van der Waals surface area contributed by atoms with E-state index in [1.54, 1.807) is 10.9 Å².